The van der Waals surface area contributed by atoms with Crippen LogP contribution in [0.2, 0.25) is 0 Å². The molecule has 0 spiro atoms. The van der Waals surface area contributed by atoms with E-state index in [1.165, 1.54) is 0 Å². The zero-order valence-corrected chi connectivity index (χ0v) is 18.8. The Labute approximate surface area is 188 Å². The van der Waals surface area contributed by atoms with Gasteiger partial charge >= 0.3 is 0 Å². The summed E-state index contributed by atoms with van der Waals surface area (Å²) in [6.45, 7) is 6.43. The number of benzene rings is 2. The second-order valence-electron chi connectivity index (χ2n) is 9.51. The molecule has 6 nitrogen and oxygen atoms in total. The van der Waals surface area contributed by atoms with Gasteiger partial charge in [-0.2, -0.15) is 5.10 Å². The molecule has 0 unspecified atom stereocenters. The van der Waals surface area contributed by atoms with Crippen LogP contribution in [0.1, 0.15) is 43.5 Å². The highest BCUT2D eigenvalue weighted by atomic mass is 16.2. The topological polar surface area (TPSA) is 69.3 Å². The largest absolute Gasteiger partial charge is 0.342 e. The molecule has 2 aromatic carbocycles. The molecule has 1 N–H and O–H groups in total. The number of aromatic amines is 1. The van der Waals surface area contributed by atoms with Gasteiger partial charge in [-0.15, -0.1) is 0 Å². The fourth-order valence-corrected chi connectivity index (χ4v) is 4.67. The van der Waals surface area contributed by atoms with E-state index < -0.39 is 0 Å². The van der Waals surface area contributed by atoms with E-state index in [-0.39, 0.29) is 17.9 Å². The predicted octanol–water partition coefficient (Wildman–Crippen LogP) is 4.34. The average Bonchev–Trinajstić information content (AvgIpc) is 3.36. The number of nitrogens with one attached hydrogen (secondary N) is 1. The van der Waals surface area contributed by atoms with Gasteiger partial charge in [-0.05, 0) is 74.4 Å². The van der Waals surface area contributed by atoms with Gasteiger partial charge in [0.15, 0.2) is 0 Å². The van der Waals surface area contributed by atoms with Crippen LogP contribution in [0.25, 0.3) is 22.0 Å². The molecule has 5 rings (SSSR count). The molecule has 1 saturated heterocycles. The van der Waals surface area contributed by atoms with Crippen LogP contribution in [0, 0.1) is 11.8 Å². The van der Waals surface area contributed by atoms with Gasteiger partial charge in [-0.3, -0.25) is 14.7 Å². The van der Waals surface area contributed by atoms with Gasteiger partial charge in [0.25, 0.3) is 5.91 Å². The van der Waals surface area contributed by atoms with Crippen molar-refractivity contribution in [3.05, 3.63) is 54.2 Å². The molecular weight excluding hydrogens is 400 g/mol. The van der Waals surface area contributed by atoms with E-state index in [9.17, 15) is 9.59 Å². The lowest BCUT2D eigenvalue weighted by atomic mass is 10.0. The fraction of sp³-hybridized carbons (Fsp3) is 0.423. The van der Waals surface area contributed by atoms with E-state index in [1.54, 1.807) is 0 Å². The molecule has 0 radical (unpaired) electrons. The van der Waals surface area contributed by atoms with Crippen LogP contribution in [0.3, 0.4) is 0 Å². The van der Waals surface area contributed by atoms with Crippen molar-refractivity contribution in [2.45, 2.75) is 39.2 Å². The van der Waals surface area contributed by atoms with E-state index in [4.69, 9.17) is 0 Å². The van der Waals surface area contributed by atoms with E-state index in [2.05, 4.69) is 36.2 Å². The van der Waals surface area contributed by atoms with Gasteiger partial charge in [0.1, 0.15) is 0 Å². The number of carbonyl (C=O) groups is 2. The molecule has 1 aromatic heterocycles. The highest BCUT2D eigenvalue weighted by Gasteiger charge is 2.37. The monoisotopic (exact) mass is 430 g/mol. The SMILES string of the molecule is CC(C)N(C[C@@H]1CCN(C(=O)C2CC2)C1)C(=O)c1ccc(-c2ccc3[nH]ncc3c2)cc1. The Morgan fingerprint density at radius 3 is 2.56 bits per heavy atom. The number of rotatable bonds is 6. The van der Waals surface area contributed by atoms with Gasteiger partial charge in [-0.1, -0.05) is 18.2 Å². The molecule has 1 aliphatic carbocycles. The number of carbonyl (C=O) groups excluding carboxylic acids is 2. The number of aromatic nitrogens is 2. The van der Waals surface area contributed by atoms with Gasteiger partial charge < -0.3 is 9.80 Å². The lowest BCUT2D eigenvalue weighted by Gasteiger charge is -2.30. The van der Waals surface area contributed by atoms with Crippen molar-refractivity contribution in [3.8, 4) is 11.1 Å². The summed E-state index contributed by atoms with van der Waals surface area (Å²) >= 11 is 0. The van der Waals surface area contributed by atoms with Crippen molar-refractivity contribution in [1.82, 2.24) is 20.0 Å². The Morgan fingerprint density at radius 1 is 1.09 bits per heavy atom. The second-order valence-corrected chi connectivity index (χ2v) is 9.51. The quantitative estimate of drug-likeness (QED) is 0.633. The first-order chi connectivity index (χ1) is 15.5. The first-order valence-electron chi connectivity index (χ1n) is 11.6. The molecule has 3 aromatic rings. The zero-order valence-electron chi connectivity index (χ0n) is 18.8. The minimum absolute atomic E-state index is 0.0591. The minimum atomic E-state index is 0.0591. The van der Waals surface area contributed by atoms with Gasteiger partial charge in [0, 0.05) is 42.5 Å². The summed E-state index contributed by atoms with van der Waals surface area (Å²) < 4.78 is 0. The number of hydrogen-bond donors (Lipinski definition) is 1. The second kappa shape index (κ2) is 8.41. The first-order valence-corrected chi connectivity index (χ1v) is 11.6. The Bertz CT molecular complexity index is 1130. The molecule has 1 saturated carbocycles. The van der Waals surface area contributed by atoms with E-state index in [1.807, 2.05) is 46.3 Å². The minimum Gasteiger partial charge on any atom is -0.342 e. The van der Waals surface area contributed by atoms with Crippen molar-refractivity contribution in [3.63, 3.8) is 0 Å². The summed E-state index contributed by atoms with van der Waals surface area (Å²) in [5, 5.41) is 8.12. The summed E-state index contributed by atoms with van der Waals surface area (Å²) in [6.07, 6.45) is 4.88. The molecule has 32 heavy (non-hydrogen) atoms. The number of likely N-dealkylation sites (tertiary alicyclic amines) is 1. The summed E-state index contributed by atoms with van der Waals surface area (Å²) in [5.74, 6) is 0.997. The van der Waals surface area contributed by atoms with E-state index in [0.717, 1.165) is 54.4 Å². The third kappa shape index (κ3) is 4.14. The standard InChI is InChI=1S/C26H30N4O2/c1-17(2)30(16-18-11-12-29(15-18)25(31)20-7-8-20)26(32)21-5-3-19(4-6-21)22-9-10-24-23(13-22)14-27-28-24/h3-6,9-10,13-14,17-18,20H,7-8,11-12,15-16H2,1-2H3,(H,27,28)/t18-/m1/s1. The molecule has 1 atom stereocenters. The summed E-state index contributed by atoms with van der Waals surface area (Å²) in [6, 6.07) is 14.2. The third-order valence-electron chi connectivity index (χ3n) is 6.77. The number of amides is 2. The number of H-pyrrole nitrogens is 1. The summed E-state index contributed by atoms with van der Waals surface area (Å²) in [4.78, 5) is 29.7. The molecule has 166 valence electrons. The Balaban J connectivity index is 1.27. The first kappa shape index (κ1) is 20.7. The van der Waals surface area contributed by atoms with Crippen LogP contribution in [0.5, 0.6) is 0 Å². The predicted molar refractivity (Wildman–Crippen MR) is 125 cm³/mol. The van der Waals surface area contributed by atoms with Crippen molar-refractivity contribution < 1.29 is 9.59 Å². The van der Waals surface area contributed by atoms with Crippen molar-refractivity contribution >= 4 is 22.7 Å². The van der Waals surface area contributed by atoms with E-state index >= 15 is 0 Å². The van der Waals surface area contributed by atoms with Crippen molar-refractivity contribution in [1.29, 1.82) is 0 Å². The maximum absolute atomic E-state index is 13.3. The highest BCUT2D eigenvalue weighted by Crippen LogP contribution is 2.33. The maximum atomic E-state index is 13.3. The van der Waals surface area contributed by atoms with Gasteiger partial charge in [0.2, 0.25) is 5.91 Å². The van der Waals surface area contributed by atoms with Crippen LogP contribution in [-0.2, 0) is 4.79 Å². The molecule has 0 bridgehead atoms. The van der Waals surface area contributed by atoms with Gasteiger partial charge in [-0.25, -0.2) is 0 Å². The lowest BCUT2D eigenvalue weighted by molar-refractivity contribution is -0.131. The molecule has 2 fully saturated rings. The van der Waals surface area contributed by atoms with Crippen LogP contribution >= 0.6 is 0 Å². The smallest absolute Gasteiger partial charge is 0.254 e. The average molecular weight is 431 g/mol. The lowest BCUT2D eigenvalue weighted by Crippen LogP contribution is -2.41. The highest BCUT2D eigenvalue weighted by molar-refractivity contribution is 5.95. The van der Waals surface area contributed by atoms with Crippen LogP contribution in [0.15, 0.2) is 48.7 Å². The molecule has 2 aliphatic rings. The number of nitrogens with zero attached hydrogens (tertiary/aromatic N) is 3. The third-order valence-corrected chi connectivity index (χ3v) is 6.77. The van der Waals surface area contributed by atoms with Crippen LogP contribution < -0.4 is 0 Å². The van der Waals surface area contributed by atoms with E-state index in [0.29, 0.717) is 23.9 Å². The zero-order chi connectivity index (χ0) is 22.2. The Kier molecular flexibility index (Phi) is 5.45. The molecule has 1 aliphatic heterocycles. The van der Waals surface area contributed by atoms with Crippen LogP contribution in [-0.4, -0.2) is 57.5 Å². The van der Waals surface area contributed by atoms with Gasteiger partial charge in [0.05, 0.1) is 11.7 Å². The summed E-state index contributed by atoms with van der Waals surface area (Å²) in [5.41, 5.74) is 3.89. The fourth-order valence-electron chi connectivity index (χ4n) is 4.67. The van der Waals surface area contributed by atoms with Crippen LogP contribution in [0.4, 0.5) is 0 Å². The maximum Gasteiger partial charge on any atom is 0.254 e. The Morgan fingerprint density at radius 2 is 1.84 bits per heavy atom. The molecule has 2 amide bonds. The molecule has 6 heteroatoms. The molecule has 2 heterocycles. The van der Waals surface area contributed by atoms with Crippen molar-refractivity contribution in [2.75, 3.05) is 19.6 Å². The van der Waals surface area contributed by atoms with Crippen molar-refractivity contribution in [2.24, 2.45) is 11.8 Å². The number of fused-ring (bicyclic) bond motifs is 1. The number of hydrogen-bond acceptors (Lipinski definition) is 3. The molecular formula is C26H30N4O2. The Hall–Kier alpha value is -3.15. The normalized spacial score (nSPS) is 18.5. The summed E-state index contributed by atoms with van der Waals surface area (Å²) in [7, 11) is 0.